The molecule has 0 fully saturated rings. The number of hydrogen-bond donors (Lipinski definition) is 1. The summed E-state index contributed by atoms with van der Waals surface area (Å²) >= 11 is 0. The van der Waals surface area contributed by atoms with E-state index in [0.29, 0.717) is 16.7 Å². The molecule has 0 saturated heterocycles. The molecule has 0 spiro atoms. The van der Waals surface area contributed by atoms with Crippen molar-refractivity contribution in [3.8, 4) is 0 Å². The van der Waals surface area contributed by atoms with Crippen LogP contribution in [0.3, 0.4) is 0 Å². The molecule has 2 aromatic rings. The Morgan fingerprint density at radius 2 is 2.06 bits per heavy atom. The predicted octanol–water partition coefficient (Wildman–Crippen LogP) is 3.11. The summed E-state index contributed by atoms with van der Waals surface area (Å²) < 4.78 is 5.79. The lowest BCUT2D eigenvalue weighted by atomic mass is 10.0. The Kier molecular flexibility index (Phi) is 2.52. The maximum absolute atomic E-state index is 12.2. The molecule has 1 heterocycles. The second kappa shape index (κ2) is 4.18. The number of nitrogen functional groups attached to an aromatic ring is 1. The van der Waals surface area contributed by atoms with Crippen LogP contribution in [0.5, 0.6) is 0 Å². The molecule has 3 heteroatoms. The van der Waals surface area contributed by atoms with Crippen molar-refractivity contribution in [3.63, 3.8) is 0 Å². The van der Waals surface area contributed by atoms with Gasteiger partial charge in [-0.15, -0.1) is 0 Å². The van der Waals surface area contributed by atoms with Gasteiger partial charge < -0.3 is 10.2 Å². The van der Waals surface area contributed by atoms with Gasteiger partial charge in [0.15, 0.2) is 5.76 Å². The number of para-hydroxylation sites is 1. The largest absolute Gasteiger partial charge is 0.454 e. The van der Waals surface area contributed by atoms with Gasteiger partial charge in [-0.3, -0.25) is 4.79 Å². The molecule has 0 unspecified atom stereocenters. The van der Waals surface area contributed by atoms with Crippen LogP contribution in [-0.4, -0.2) is 0 Å². The van der Waals surface area contributed by atoms with Gasteiger partial charge in [0, 0.05) is 0 Å². The molecule has 1 aliphatic carbocycles. The molecular weight excluding hydrogens is 226 g/mol. The van der Waals surface area contributed by atoms with Gasteiger partial charge in [0.2, 0.25) is 5.43 Å². The van der Waals surface area contributed by atoms with Gasteiger partial charge >= 0.3 is 0 Å². The fourth-order valence-electron chi connectivity index (χ4n) is 2.19. The molecular formula is C15H13NO2. The number of fused-ring (bicyclic) bond motifs is 1. The third-order valence-corrected chi connectivity index (χ3v) is 3.14. The first-order valence-corrected chi connectivity index (χ1v) is 5.95. The molecule has 3 rings (SSSR count). The Balaban J connectivity index is 2.30. The quantitative estimate of drug-likeness (QED) is 0.831. The summed E-state index contributed by atoms with van der Waals surface area (Å²) in [5.74, 6) is 0.517. The lowest BCUT2D eigenvalue weighted by Gasteiger charge is -2.11. The first-order valence-electron chi connectivity index (χ1n) is 5.95. The highest BCUT2D eigenvalue weighted by Gasteiger charge is 2.15. The SMILES string of the molecule is Nc1c(C2=CC=CCC2)oc2ccccc2c1=O. The molecule has 0 bridgehead atoms. The van der Waals surface area contributed by atoms with Crippen molar-refractivity contribution in [2.45, 2.75) is 12.8 Å². The zero-order valence-electron chi connectivity index (χ0n) is 9.85. The monoisotopic (exact) mass is 239 g/mol. The van der Waals surface area contributed by atoms with Gasteiger partial charge in [-0.2, -0.15) is 0 Å². The Morgan fingerprint density at radius 1 is 1.22 bits per heavy atom. The van der Waals surface area contributed by atoms with Crippen LogP contribution in [0.25, 0.3) is 16.5 Å². The molecule has 0 saturated carbocycles. The van der Waals surface area contributed by atoms with Gasteiger partial charge in [0.25, 0.3) is 0 Å². The molecule has 2 N–H and O–H groups in total. The maximum Gasteiger partial charge on any atom is 0.216 e. The Bertz CT molecular complexity index is 723. The van der Waals surface area contributed by atoms with E-state index in [1.807, 2.05) is 18.2 Å². The summed E-state index contributed by atoms with van der Waals surface area (Å²) in [6.45, 7) is 0. The lowest BCUT2D eigenvalue weighted by molar-refractivity contribution is 0.585. The van der Waals surface area contributed by atoms with Crippen LogP contribution in [-0.2, 0) is 0 Å². The molecule has 1 aliphatic rings. The van der Waals surface area contributed by atoms with Crippen molar-refractivity contribution in [1.29, 1.82) is 0 Å². The fourth-order valence-corrected chi connectivity index (χ4v) is 2.19. The lowest BCUT2D eigenvalue weighted by Crippen LogP contribution is -2.11. The van der Waals surface area contributed by atoms with Crippen molar-refractivity contribution in [2.75, 3.05) is 5.73 Å². The van der Waals surface area contributed by atoms with Crippen molar-refractivity contribution in [1.82, 2.24) is 0 Å². The summed E-state index contributed by atoms with van der Waals surface area (Å²) in [6, 6.07) is 7.18. The second-order valence-corrected chi connectivity index (χ2v) is 4.33. The molecule has 3 nitrogen and oxygen atoms in total. The number of benzene rings is 1. The van der Waals surface area contributed by atoms with Crippen molar-refractivity contribution >= 4 is 22.2 Å². The van der Waals surface area contributed by atoms with Crippen molar-refractivity contribution in [3.05, 3.63) is 58.5 Å². The second-order valence-electron chi connectivity index (χ2n) is 4.33. The minimum absolute atomic E-state index is 0.151. The highest BCUT2D eigenvalue weighted by atomic mass is 16.3. The molecule has 18 heavy (non-hydrogen) atoms. The average molecular weight is 239 g/mol. The van der Waals surface area contributed by atoms with Crippen LogP contribution in [0.4, 0.5) is 5.69 Å². The molecule has 0 aliphatic heterocycles. The topological polar surface area (TPSA) is 56.2 Å². The third-order valence-electron chi connectivity index (χ3n) is 3.14. The zero-order chi connectivity index (χ0) is 12.5. The van der Waals surface area contributed by atoms with Crippen molar-refractivity contribution < 1.29 is 4.42 Å². The van der Waals surface area contributed by atoms with E-state index in [4.69, 9.17) is 10.2 Å². The fraction of sp³-hybridized carbons (Fsp3) is 0.133. The molecule has 0 amide bonds. The first kappa shape index (κ1) is 10.8. The summed E-state index contributed by atoms with van der Waals surface area (Å²) in [7, 11) is 0. The summed E-state index contributed by atoms with van der Waals surface area (Å²) in [6.07, 6.45) is 7.79. The van der Waals surface area contributed by atoms with E-state index in [1.165, 1.54) is 0 Å². The van der Waals surface area contributed by atoms with E-state index < -0.39 is 0 Å². The van der Waals surface area contributed by atoms with Crippen LogP contribution < -0.4 is 11.2 Å². The minimum Gasteiger partial charge on any atom is -0.454 e. The van der Waals surface area contributed by atoms with Crippen LogP contribution >= 0.6 is 0 Å². The van der Waals surface area contributed by atoms with E-state index in [0.717, 1.165) is 18.4 Å². The number of nitrogens with two attached hydrogens (primary N) is 1. The number of rotatable bonds is 1. The smallest absolute Gasteiger partial charge is 0.216 e. The van der Waals surface area contributed by atoms with Crippen LogP contribution in [0.15, 0.2) is 51.7 Å². The first-order chi connectivity index (χ1) is 8.77. The summed E-state index contributed by atoms with van der Waals surface area (Å²) in [4.78, 5) is 12.2. The maximum atomic E-state index is 12.2. The van der Waals surface area contributed by atoms with E-state index in [1.54, 1.807) is 18.2 Å². The van der Waals surface area contributed by atoms with Crippen LogP contribution in [0.1, 0.15) is 18.6 Å². The molecule has 0 atom stereocenters. The van der Waals surface area contributed by atoms with Crippen LogP contribution in [0.2, 0.25) is 0 Å². The van der Waals surface area contributed by atoms with Crippen LogP contribution in [0, 0.1) is 0 Å². The van der Waals surface area contributed by atoms with Gasteiger partial charge in [0.1, 0.15) is 11.3 Å². The zero-order valence-corrected chi connectivity index (χ0v) is 9.85. The molecule has 0 radical (unpaired) electrons. The number of anilines is 1. The average Bonchev–Trinajstić information content (AvgIpc) is 2.44. The number of hydrogen-bond acceptors (Lipinski definition) is 3. The summed E-state index contributed by atoms with van der Waals surface area (Å²) in [5.41, 5.74) is 7.53. The highest BCUT2D eigenvalue weighted by Crippen LogP contribution is 2.28. The standard InChI is InChI=1S/C15H13NO2/c16-13-14(17)11-8-4-5-9-12(11)18-15(13)10-6-2-1-3-7-10/h1-2,4-6,8-9H,3,7,16H2. The van der Waals surface area contributed by atoms with Crippen molar-refractivity contribution in [2.24, 2.45) is 0 Å². The Labute approximate surface area is 104 Å². The predicted molar refractivity (Wildman–Crippen MR) is 73.2 cm³/mol. The molecule has 1 aromatic carbocycles. The highest BCUT2D eigenvalue weighted by molar-refractivity contribution is 5.84. The van der Waals surface area contributed by atoms with E-state index in [9.17, 15) is 4.79 Å². The molecule has 90 valence electrons. The van der Waals surface area contributed by atoms with E-state index >= 15 is 0 Å². The van der Waals surface area contributed by atoms with E-state index in [2.05, 4.69) is 6.08 Å². The Morgan fingerprint density at radius 3 is 2.83 bits per heavy atom. The van der Waals surface area contributed by atoms with Gasteiger partial charge in [-0.05, 0) is 30.5 Å². The van der Waals surface area contributed by atoms with Gasteiger partial charge in [-0.25, -0.2) is 0 Å². The summed E-state index contributed by atoms with van der Waals surface area (Å²) in [5, 5.41) is 0.533. The van der Waals surface area contributed by atoms with Gasteiger partial charge in [0.05, 0.1) is 5.39 Å². The minimum atomic E-state index is -0.151. The van der Waals surface area contributed by atoms with E-state index in [-0.39, 0.29) is 11.1 Å². The van der Waals surface area contributed by atoms with Gasteiger partial charge in [-0.1, -0.05) is 30.4 Å². The molecule has 1 aromatic heterocycles. The Hall–Kier alpha value is -2.29. The third kappa shape index (κ3) is 1.64. The number of allylic oxidation sites excluding steroid dienone is 4. The normalized spacial score (nSPS) is 14.8.